The molecule has 33 heavy (non-hydrogen) atoms. The Hall–Kier alpha value is -2.73. The Morgan fingerprint density at radius 2 is 0.879 bits per heavy atom. The Kier molecular flexibility index (Phi) is 4.57. The number of benzene rings is 5. The molecule has 0 radical (unpaired) electrons. The molecule has 0 aliphatic carbocycles. The lowest BCUT2D eigenvalue weighted by Gasteiger charge is -2.08. The summed E-state index contributed by atoms with van der Waals surface area (Å²) in [6.07, 6.45) is 0. The Bertz CT molecular complexity index is 1680. The van der Waals surface area contributed by atoms with Crippen LogP contribution in [0.15, 0.2) is 103 Å². The molecule has 0 fully saturated rings. The van der Waals surface area contributed by atoms with Crippen LogP contribution in [-0.2, 0) is 0 Å². The molecule has 0 amide bonds. The number of hydrogen-bond acceptors (Lipinski definition) is 2. The number of hydrogen-bond donors (Lipinski definition) is 0. The summed E-state index contributed by atoms with van der Waals surface area (Å²) < 4.78 is 6.82. The lowest BCUT2D eigenvalue weighted by atomic mass is 9.97. The van der Waals surface area contributed by atoms with Crippen LogP contribution in [0.1, 0.15) is 0 Å². The average molecular weight is 569 g/mol. The van der Waals surface area contributed by atoms with Crippen molar-refractivity contribution in [2.75, 3.05) is 0 Å². The molecule has 2 heterocycles. The van der Waals surface area contributed by atoms with Crippen molar-refractivity contribution >= 4 is 85.6 Å². The summed E-state index contributed by atoms with van der Waals surface area (Å²) in [6, 6.07) is 37.5. The van der Waals surface area contributed by atoms with E-state index in [-0.39, 0.29) is 0 Å². The van der Waals surface area contributed by atoms with Crippen molar-refractivity contribution in [3.63, 3.8) is 0 Å². The Labute approximate surface area is 213 Å². The molecule has 0 aliphatic rings. The third kappa shape index (κ3) is 2.99. The normalized spacial score (nSPS) is 11.8. The lowest BCUT2D eigenvalue weighted by molar-refractivity contribution is 1.67. The predicted molar refractivity (Wildman–Crippen MR) is 156 cm³/mol. The average Bonchev–Trinajstić information content (AvgIpc) is 3.43. The van der Waals surface area contributed by atoms with Crippen LogP contribution in [0.3, 0.4) is 0 Å². The highest BCUT2D eigenvalue weighted by Crippen LogP contribution is 2.49. The predicted octanol–water partition coefficient (Wildman–Crippen LogP) is 10.4. The van der Waals surface area contributed by atoms with Gasteiger partial charge in [-0.1, -0.05) is 84.9 Å². The van der Waals surface area contributed by atoms with Gasteiger partial charge in [-0.2, -0.15) is 0 Å². The third-order valence-corrected chi connectivity index (χ3v) is 9.64. The van der Waals surface area contributed by atoms with Gasteiger partial charge in [0.25, 0.3) is 0 Å². The topological polar surface area (TPSA) is 0 Å². The second-order valence-electron chi connectivity index (χ2n) is 8.23. The lowest BCUT2D eigenvalue weighted by Crippen LogP contribution is -1.83. The van der Waals surface area contributed by atoms with Crippen LogP contribution in [-0.4, -0.2) is 0 Å². The molecule has 0 spiro atoms. The monoisotopic (exact) mass is 568 g/mol. The Balaban J connectivity index is 1.65. The Morgan fingerprint density at radius 1 is 0.424 bits per heavy atom. The van der Waals surface area contributed by atoms with Gasteiger partial charge < -0.3 is 0 Å². The quantitative estimate of drug-likeness (QED) is 0.182. The fraction of sp³-hybridized carbons (Fsp3) is 0. The summed E-state index contributed by atoms with van der Waals surface area (Å²) in [4.78, 5) is 0. The van der Waals surface area contributed by atoms with Gasteiger partial charge in [-0.05, 0) is 63.0 Å². The van der Waals surface area contributed by atoms with Gasteiger partial charge >= 0.3 is 0 Å². The number of thiophene rings is 2. The molecule has 3 heteroatoms. The van der Waals surface area contributed by atoms with Gasteiger partial charge in [0, 0.05) is 43.9 Å². The van der Waals surface area contributed by atoms with E-state index < -0.39 is 0 Å². The first-order valence-electron chi connectivity index (χ1n) is 10.9. The van der Waals surface area contributed by atoms with Crippen molar-refractivity contribution in [3.05, 3.63) is 107 Å². The smallest absolute Gasteiger partial charge is 0.0380 e. The molecule has 0 unspecified atom stereocenters. The first-order valence-corrected chi connectivity index (χ1v) is 13.6. The molecule has 7 rings (SSSR count). The van der Waals surface area contributed by atoms with E-state index in [1.807, 2.05) is 22.7 Å². The summed E-state index contributed by atoms with van der Waals surface area (Å²) in [7, 11) is 0. The minimum atomic E-state index is 1.28. The molecule has 0 saturated heterocycles. The summed E-state index contributed by atoms with van der Waals surface area (Å²) >= 11 is 6.44. The molecule has 2 aromatic heterocycles. The number of fused-ring (bicyclic) bond motifs is 6. The van der Waals surface area contributed by atoms with Gasteiger partial charge in [-0.25, -0.2) is 0 Å². The maximum absolute atomic E-state index is 2.61. The fourth-order valence-corrected chi connectivity index (χ4v) is 8.86. The summed E-state index contributed by atoms with van der Waals surface area (Å²) in [5.41, 5.74) is 5.19. The highest BCUT2D eigenvalue weighted by Gasteiger charge is 2.19. The van der Waals surface area contributed by atoms with E-state index in [1.165, 1.54) is 66.2 Å². The van der Waals surface area contributed by atoms with E-state index in [4.69, 9.17) is 0 Å². The Morgan fingerprint density at radius 3 is 1.33 bits per heavy atom. The first-order chi connectivity index (χ1) is 16.3. The third-order valence-electron chi connectivity index (χ3n) is 6.36. The van der Waals surface area contributed by atoms with Crippen LogP contribution in [0.25, 0.3) is 62.6 Å². The van der Waals surface area contributed by atoms with Gasteiger partial charge in [0.05, 0.1) is 0 Å². The van der Waals surface area contributed by atoms with E-state index in [0.717, 1.165) is 0 Å². The van der Waals surface area contributed by atoms with Crippen molar-refractivity contribution in [1.82, 2.24) is 0 Å². The number of rotatable bonds is 2. The molecule has 7 aromatic rings. The largest absolute Gasteiger partial charge is 0.135 e. The van der Waals surface area contributed by atoms with Crippen LogP contribution in [0.5, 0.6) is 0 Å². The van der Waals surface area contributed by atoms with E-state index in [2.05, 4.69) is 126 Å². The zero-order valence-corrected chi connectivity index (χ0v) is 21.3. The maximum atomic E-state index is 2.61. The summed E-state index contributed by atoms with van der Waals surface area (Å²) in [6.45, 7) is 0. The van der Waals surface area contributed by atoms with E-state index in [0.29, 0.717) is 0 Å². The van der Waals surface area contributed by atoms with Gasteiger partial charge in [0.2, 0.25) is 0 Å². The molecule has 5 aromatic carbocycles. The molecule has 0 bridgehead atoms. The molecule has 0 aliphatic heterocycles. The van der Waals surface area contributed by atoms with Gasteiger partial charge in [-0.15, -0.1) is 22.7 Å². The standard InChI is InChI=1S/C30H17IS2/c31-30-28-24(32-22-15-7-13-20(26(22)28)18-9-3-1-4-10-18)17-25-29(30)27-21(14-8-16-23(27)33-25)19-11-5-2-6-12-19/h1-17H. The number of halogens is 1. The van der Waals surface area contributed by atoms with Crippen LogP contribution in [0.4, 0.5) is 0 Å². The minimum Gasteiger partial charge on any atom is -0.135 e. The van der Waals surface area contributed by atoms with Crippen molar-refractivity contribution < 1.29 is 0 Å². The maximum Gasteiger partial charge on any atom is 0.0380 e. The SMILES string of the molecule is Ic1c2c(cc3sc4cccc(-c5ccccc5)c4c13)sc1cccc(-c3ccccc3)c12. The van der Waals surface area contributed by atoms with Crippen molar-refractivity contribution in [2.45, 2.75) is 0 Å². The molecular formula is C30H17IS2. The first kappa shape index (κ1) is 19.7. The van der Waals surface area contributed by atoms with Crippen LogP contribution >= 0.6 is 45.3 Å². The highest BCUT2D eigenvalue weighted by atomic mass is 127. The highest BCUT2D eigenvalue weighted by molar-refractivity contribution is 14.1. The van der Waals surface area contributed by atoms with Gasteiger partial charge in [-0.3, -0.25) is 0 Å². The fourth-order valence-electron chi connectivity index (χ4n) is 4.93. The second-order valence-corrected chi connectivity index (χ2v) is 11.5. The molecule has 0 N–H and O–H groups in total. The zero-order chi connectivity index (χ0) is 21.9. The van der Waals surface area contributed by atoms with E-state index in [1.54, 1.807) is 0 Å². The van der Waals surface area contributed by atoms with E-state index in [9.17, 15) is 0 Å². The van der Waals surface area contributed by atoms with E-state index >= 15 is 0 Å². The van der Waals surface area contributed by atoms with Gasteiger partial charge in [0.15, 0.2) is 0 Å². The summed E-state index contributed by atoms with van der Waals surface area (Å²) in [5.74, 6) is 0. The van der Waals surface area contributed by atoms with Crippen molar-refractivity contribution in [1.29, 1.82) is 0 Å². The molecule has 0 atom stereocenters. The van der Waals surface area contributed by atoms with Crippen LogP contribution in [0, 0.1) is 3.57 Å². The molecular weight excluding hydrogens is 551 g/mol. The molecule has 156 valence electrons. The van der Waals surface area contributed by atoms with Crippen molar-refractivity contribution in [3.8, 4) is 22.3 Å². The minimum absolute atomic E-state index is 1.28. The second kappa shape index (κ2) is 7.66. The summed E-state index contributed by atoms with van der Waals surface area (Å²) in [5, 5.41) is 5.55. The van der Waals surface area contributed by atoms with Gasteiger partial charge in [0.1, 0.15) is 0 Å². The van der Waals surface area contributed by atoms with Crippen LogP contribution < -0.4 is 0 Å². The molecule has 0 saturated carbocycles. The van der Waals surface area contributed by atoms with Crippen LogP contribution in [0.2, 0.25) is 0 Å². The van der Waals surface area contributed by atoms with Crippen molar-refractivity contribution in [2.24, 2.45) is 0 Å². The molecule has 0 nitrogen and oxygen atoms in total. The zero-order valence-electron chi connectivity index (χ0n) is 17.5.